The number of aliphatic carboxylic acids is 1. The van der Waals surface area contributed by atoms with Gasteiger partial charge in [0.05, 0.1) is 0 Å². The van der Waals surface area contributed by atoms with Crippen molar-refractivity contribution in [2.75, 3.05) is 13.6 Å². The molecule has 0 fully saturated rings. The molecule has 0 aromatic heterocycles. The molecule has 6 nitrogen and oxygen atoms in total. The number of carbonyl (C=O) groups is 2. The quantitative estimate of drug-likeness (QED) is 0.806. The Kier molecular flexibility index (Phi) is 7.03. The van der Waals surface area contributed by atoms with Gasteiger partial charge in [-0.2, -0.15) is 0 Å². The third kappa shape index (κ3) is 8.21. The number of carboxylic acid groups (broad SMARTS) is 1. The third-order valence-corrected chi connectivity index (χ3v) is 3.08. The summed E-state index contributed by atoms with van der Waals surface area (Å²) in [4.78, 5) is 25.0. The van der Waals surface area contributed by atoms with Crippen molar-refractivity contribution in [1.82, 2.24) is 10.2 Å². The lowest BCUT2D eigenvalue weighted by molar-refractivity contribution is -0.139. The predicted octanol–water partition coefficient (Wildman–Crippen LogP) is 2.49. The van der Waals surface area contributed by atoms with E-state index in [0.717, 1.165) is 12.1 Å². The first kappa shape index (κ1) is 19.0. The number of nitrogens with zero attached hydrogens (tertiary/aromatic N) is 1. The average Bonchev–Trinajstić information content (AvgIpc) is 2.42. The number of hydrogen-bond acceptors (Lipinski definition) is 4. The van der Waals surface area contributed by atoms with E-state index >= 15 is 0 Å². The molecule has 2 N–H and O–H groups in total. The van der Waals surface area contributed by atoms with Crippen LogP contribution < -0.4 is 5.32 Å². The molecule has 1 rings (SSSR count). The molecule has 0 unspecified atom stereocenters. The lowest BCUT2D eigenvalue weighted by atomic mass is 10.1. The van der Waals surface area contributed by atoms with Crippen LogP contribution in [0.4, 0.5) is 4.79 Å². The fourth-order valence-corrected chi connectivity index (χ4v) is 2.03. The number of benzene rings is 1. The van der Waals surface area contributed by atoms with E-state index in [1.54, 1.807) is 20.8 Å². The Morgan fingerprint density at radius 3 is 2.39 bits per heavy atom. The topological polar surface area (TPSA) is 78.9 Å². The molecule has 128 valence electrons. The molecule has 0 aliphatic carbocycles. The monoisotopic (exact) mass is 322 g/mol. The molecule has 1 aromatic carbocycles. The van der Waals surface area contributed by atoms with E-state index < -0.39 is 23.7 Å². The number of ether oxygens (including phenoxy) is 1. The van der Waals surface area contributed by atoms with Crippen LogP contribution in [0.1, 0.15) is 32.8 Å². The van der Waals surface area contributed by atoms with E-state index in [2.05, 4.69) is 5.32 Å². The highest BCUT2D eigenvalue weighted by molar-refractivity contribution is 5.79. The Balaban J connectivity index is 2.47. The Labute approximate surface area is 137 Å². The number of carbonyl (C=O) groups excluding carboxylic acids is 1. The minimum Gasteiger partial charge on any atom is -0.480 e. The minimum absolute atomic E-state index is 0.303. The van der Waals surface area contributed by atoms with Crippen molar-refractivity contribution in [1.29, 1.82) is 0 Å². The van der Waals surface area contributed by atoms with Gasteiger partial charge in [-0.25, -0.2) is 9.59 Å². The summed E-state index contributed by atoms with van der Waals surface area (Å²) >= 11 is 0. The van der Waals surface area contributed by atoms with Gasteiger partial charge in [0.25, 0.3) is 0 Å². The molecule has 0 aliphatic heterocycles. The highest BCUT2D eigenvalue weighted by Gasteiger charge is 2.24. The minimum atomic E-state index is -1.07. The highest BCUT2D eigenvalue weighted by atomic mass is 16.6. The molecule has 1 aromatic rings. The lowest BCUT2D eigenvalue weighted by Gasteiger charge is -2.23. The van der Waals surface area contributed by atoms with Crippen molar-refractivity contribution in [2.24, 2.45) is 0 Å². The molecule has 0 spiro atoms. The molecule has 0 heterocycles. The molecule has 23 heavy (non-hydrogen) atoms. The maximum absolute atomic E-state index is 11.7. The molecule has 0 saturated carbocycles. The zero-order valence-corrected chi connectivity index (χ0v) is 14.2. The molecular formula is C17H26N2O4. The van der Waals surface area contributed by atoms with Gasteiger partial charge in [0.1, 0.15) is 11.6 Å². The molecule has 0 aliphatic rings. The normalized spacial score (nSPS) is 12.7. The van der Waals surface area contributed by atoms with Crippen LogP contribution >= 0.6 is 0 Å². The Hall–Kier alpha value is -2.08. The summed E-state index contributed by atoms with van der Waals surface area (Å²) < 4.78 is 5.09. The first-order chi connectivity index (χ1) is 10.7. The van der Waals surface area contributed by atoms with Gasteiger partial charge in [-0.15, -0.1) is 0 Å². The molecule has 6 heteroatoms. The van der Waals surface area contributed by atoms with Crippen LogP contribution in [0.15, 0.2) is 30.3 Å². The lowest BCUT2D eigenvalue weighted by Crippen LogP contribution is -2.44. The molecule has 1 atom stereocenters. The van der Waals surface area contributed by atoms with Gasteiger partial charge >= 0.3 is 12.1 Å². The Morgan fingerprint density at radius 1 is 1.26 bits per heavy atom. The van der Waals surface area contributed by atoms with Crippen LogP contribution in [-0.2, 0) is 16.1 Å². The summed E-state index contributed by atoms with van der Waals surface area (Å²) in [6, 6.07) is 8.95. The predicted molar refractivity (Wildman–Crippen MR) is 88.2 cm³/mol. The van der Waals surface area contributed by atoms with Crippen LogP contribution in [0.5, 0.6) is 0 Å². The van der Waals surface area contributed by atoms with E-state index in [-0.39, 0.29) is 0 Å². The number of alkyl carbamates (subject to hydrolysis) is 1. The van der Waals surface area contributed by atoms with Crippen LogP contribution in [0.2, 0.25) is 0 Å². The molecular weight excluding hydrogens is 296 g/mol. The molecule has 0 bridgehead atoms. The summed E-state index contributed by atoms with van der Waals surface area (Å²) in [5.41, 5.74) is 0.499. The van der Waals surface area contributed by atoms with E-state index in [1.807, 2.05) is 42.3 Å². The van der Waals surface area contributed by atoms with E-state index in [4.69, 9.17) is 4.74 Å². The van der Waals surface area contributed by atoms with Gasteiger partial charge < -0.3 is 20.1 Å². The Morgan fingerprint density at radius 2 is 1.87 bits per heavy atom. The standard InChI is InChI=1S/C17H26N2O4/c1-17(2,3)23-16(22)18-14(15(20)21)10-11-19(4)12-13-8-6-5-7-9-13/h5-9,14H,10-12H2,1-4H3,(H,18,22)(H,20,21)/t14-/m0/s1. The second kappa shape index (κ2) is 8.53. The van der Waals surface area contributed by atoms with Crippen molar-refractivity contribution < 1.29 is 19.4 Å². The van der Waals surface area contributed by atoms with E-state index in [0.29, 0.717) is 13.0 Å². The van der Waals surface area contributed by atoms with E-state index in [1.165, 1.54) is 0 Å². The van der Waals surface area contributed by atoms with Gasteiger partial charge in [-0.1, -0.05) is 30.3 Å². The fraction of sp³-hybridized carbons (Fsp3) is 0.529. The first-order valence-electron chi connectivity index (χ1n) is 7.62. The largest absolute Gasteiger partial charge is 0.480 e. The maximum atomic E-state index is 11.7. The van der Waals surface area contributed by atoms with Gasteiger partial charge in [-0.3, -0.25) is 0 Å². The average molecular weight is 322 g/mol. The van der Waals surface area contributed by atoms with Crippen molar-refractivity contribution in [3.63, 3.8) is 0 Å². The SMILES string of the molecule is CN(CC[C@H](NC(=O)OC(C)(C)C)C(=O)O)Cc1ccccc1. The van der Waals surface area contributed by atoms with Gasteiger partial charge in [-0.05, 0) is 39.8 Å². The van der Waals surface area contributed by atoms with Crippen molar-refractivity contribution >= 4 is 12.1 Å². The number of amides is 1. The number of rotatable bonds is 7. The summed E-state index contributed by atoms with van der Waals surface area (Å²) in [5.74, 6) is -1.07. The number of hydrogen-bond donors (Lipinski definition) is 2. The van der Waals surface area contributed by atoms with Gasteiger partial charge in [0.2, 0.25) is 0 Å². The molecule has 0 saturated heterocycles. The summed E-state index contributed by atoms with van der Waals surface area (Å²) in [6.45, 7) is 6.46. The van der Waals surface area contributed by atoms with Gasteiger partial charge in [0.15, 0.2) is 0 Å². The van der Waals surface area contributed by atoms with E-state index in [9.17, 15) is 14.7 Å². The summed E-state index contributed by atoms with van der Waals surface area (Å²) in [6.07, 6.45) is -0.409. The maximum Gasteiger partial charge on any atom is 0.408 e. The van der Waals surface area contributed by atoms with Crippen LogP contribution in [0.25, 0.3) is 0 Å². The van der Waals surface area contributed by atoms with Crippen molar-refractivity contribution in [3.8, 4) is 0 Å². The zero-order chi connectivity index (χ0) is 17.5. The van der Waals surface area contributed by atoms with Gasteiger partial charge in [0, 0.05) is 13.1 Å². The highest BCUT2D eigenvalue weighted by Crippen LogP contribution is 2.08. The second-order valence-electron chi connectivity index (χ2n) is 6.55. The molecule has 1 amide bonds. The van der Waals surface area contributed by atoms with Crippen molar-refractivity contribution in [2.45, 2.75) is 45.4 Å². The second-order valence-corrected chi connectivity index (χ2v) is 6.55. The van der Waals surface area contributed by atoms with Crippen molar-refractivity contribution in [3.05, 3.63) is 35.9 Å². The summed E-state index contributed by atoms with van der Waals surface area (Å²) in [5, 5.41) is 11.6. The Bertz CT molecular complexity index is 511. The smallest absolute Gasteiger partial charge is 0.408 e. The fourth-order valence-electron chi connectivity index (χ4n) is 2.03. The molecule has 0 radical (unpaired) electrons. The number of nitrogens with one attached hydrogen (secondary N) is 1. The first-order valence-corrected chi connectivity index (χ1v) is 7.62. The zero-order valence-electron chi connectivity index (χ0n) is 14.2. The third-order valence-electron chi connectivity index (χ3n) is 3.08. The van der Waals surface area contributed by atoms with Crippen LogP contribution in [0.3, 0.4) is 0 Å². The number of carboxylic acids is 1. The summed E-state index contributed by atoms with van der Waals surface area (Å²) in [7, 11) is 1.92. The van der Waals surface area contributed by atoms with Crippen LogP contribution in [0, 0.1) is 0 Å². The van der Waals surface area contributed by atoms with Crippen LogP contribution in [-0.4, -0.2) is 47.3 Å².